The molecule has 0 atom stereocenters. The van der Waals surface area contributed by atoms with Gasteiger partial charge in [0.2, 0.25) is 5.82 Å². The number of rotatable bonds is 2. The maximum Gasteiger partial charge on any atom is 0.416 e. The molecule has 2 aromatic rings. The van der Waals surface area contributed by atoms with Crippen molar-refractivity contribution in [1.29, 1.82) is 5.26 Å². The van der Waals surface area contributed by atoms with Crippen LogP contribution in [0.4, 0.5) is 19.0 Å². The maximum atomic E-state index is 12.9. The molecule has 0 radical (unpaired) electrons. The summed E-state index contributed by atoms with van der Waals surface area (Å²) in [6.45, 7) is 2.99. The van der Waals surface area contributed by atoms with Crippen LogP contribution in [-0.2, 0) is 6.18 Å². The Morgan fingerprint density at radius 2 is 1.88 bits per heavy atom. The molecule has 1 N–H and O–H groups in total. The Morgan fingerprint density at radius 1 is 1.12 bits per heavy atom. The van der Waals surface area contributed by atoms with Gasteiger partial charge in [0.05, 0.1) is 11.3 Å². The first kappa shape index (κ1) is 16.2. The van der Waals surface area contributed by atoms with Crippen molar-refractivity contribution in [2.45, 2.75) is 6.18 Å². The normalized spacial score (nSPS) is 15.2. The average Bonchev–Trinajstić information content (AvgIpc) is 2.61. The van der Waals surface area contributed by atoms with E-state index in [1.165, 1.54) is 6.07 Å². The third-order valence-electron chi connectivity index (χ3n) is 3.74. The number of nitriles is 1. The lowest BCUT2D eigenvalue weighted by atomic mass is 10.1. The molecule has 1 aromatic carbocycles. The molecule has 0 unspecified atom stereocenters. The van der Waals surface area contributed by atoms with Gasteiger partial charge >= 0.3 is 6.18 Å². The number of anilines is 1. The first-order chi connectivity index (χ1) is 11.5. The monoisotopic (exact) mass is 333 g/mol. The molecule has 1 aliphatic heterocycles. The average molecular weight is 333 g/mol. The second-order valence-electron chi connectivity index (χ2n) is 5.36. The maximum absolute atomic E-state index is 12.9. The van der Waals surface area contributed by atoms with Crippen LogP contribution in [0.1, 0.15) is 11.4 Å². The summed E-state index contributed by atoms with van der Waals surface area (Å²) in [5.74, 6) is 0.494. The van der Waals surface area contributed by atoms with Gasteiger partial charge in [-0.2, -0.15) is 18.4 Å². The quantitative estimate of drug-likeness (QED) is 0.914. The minimum Gasteiger partial charge on any atom is -0.354 e. The Morgan fingerprint density at radius 3 is 2.54 bits per heavy atom. The fourth-order valence-corrected chi connectivity index (χ4v) is 2.54. The van der Waals surface area contributed by atoms with Crippen LogP contribution < -0.4 is 10.2 Å². The van der Waals surface area contributed by atoms with E-state index in [9.17, 15) is 13.2 Å². The summed E-state index contributed by atoms with van der Waals surface area (Å²) in [7, 11) is 0. The highest BCUT2D eigenvalue weighted by atomic mass is 19.4. The molecule has 1 saturated heterocycles. The van der Waals surface area contributed by atoms with Crippen LogP contribution in [0.15, 0.2) is 30.3 Å². The molecule has 0 spiro atoms. The number of hydrogen-bond acceptors (Lipinski definition) is 5. The van der Waals surface area contributed by atoms with E-state index in [0.717, 1.165) is 25.2 Å². The first-order valence-electron chi connectivity index (χ1n) is 7.40. The van der Waals surface area contributed by atoms with Crippen molar-refractivity contribution in [1.82, 2.24) is 15.3 Å². The number of halogens is 3. The highest BCUT2D eigenvalue weighted by Gasteiger charge is 2.30. The van der Waals surface area contributed by atoms with Gasteiger partial charge in [-0.25, -0.2) is 9.97 Å². The Balaban J connectivity index is 2.03. The van der Waals surface area contributed by atoms with E-state index >= 15 is 0 Å². The van der Waals surface area contributed by atoms with Gasteiger partial charge < -0.3 is 10.2 Å². The Bertz CT molecular complexity index is 776. The number of hydrogen-bond donors (Lipinski definition) is 1. The molecule has 124 valence electrons. The summed E-state index contributed by atoms with van der Waals surface area (Å²) in [6, 6.07) is 8.41. The molecular formula is C16H14F3N5. The van der Waals surface area contributed by atoms with Crippen molar-refractivity contribution < 1.29 is 13.2 Å². The summed E-state index contributed by atoms with van der Waals surface area (Å²) < 4.78 is 38.7. The molecular weight excluding hydrogens is 319 g/mol. The van der Waals surface area contributed by atoms with Crippen molar-refractivity contribution in [2.75, 3.05) is 31.1 Å². The fraction of sp³-hybridized carbons (Fsp3) is 0.312. The minimum atomic E-state index is -4.43. The second kappa shape index (κ2) is 6.45. The summed E-state index contributed by atoms with van der Waals surface area (Å²) in [5.41, 5.74) is -0.137. The third-order valence-corrected chi connectivity index (χ3v) is 3.74. The lowest BCUT2D eigenvalue weighted by molar-refractivity contribution is -0.137. The van der Waals surface area contributed by atoms with Crippen molar-refractivity contribution in [3.63, 3.8) is 0 Å². The van der Waals surface area contributed by atoms with Crippen molar-refractivity contribution in [3.8, 4) is 17.3 Å². The Labute approximate surface area is 136 Å². The van der Waals surface area contributed by atoms with Gasteiger partial charge in [0.1, 0.15) is 11.9 Å². The number of nitrogens with zero attached hydrogens (tertiary/aromatic N) is 4. The molecule has 0 bridgehead atoms. The van der Waals surface area contributed by atoms with E-state index in [1.807, 2.05) is 11.0 Å². The van der Waals surface area contributed by atoms with E-state index in [1.54, 1.807) is 12.1 Å². The molecule has 1 aliphatic rings. The number of benzene rings is 1. The first-order valence-corrected chi connectivity index (χ1v) is 7.40. The zero-order valence-corrected chi connectivity index (χ0v) is 12.6. The van der Waals surface area contributed by atoms with Gasteiger partial charge in [0.15, 0.2) is 0 Å². The number of alkyl halides is 3. The highest BCUT2D eigenvalue weighted by Crippen LogP contribution is 2.32. The SMILES string of the molecule is N#Cc1nc(-c2cccc(C(F)(F)F)c2)cc(N2CCNCC2)n1. The molecule has 3 rings (SSSR count). The standard InChI is InChI=1S/C16H14F3N5/c17-16(18,19)12-3-1-2-11(8-12)13-9-15(23-14(10-20)22-13)24-6-4-21-5-7-24/h1-3,8-9,21H,4-7H2. The van der Waals surface area contributed by atoms with E-state index < -0.39 is 11.7 Å². The molecule has 0 amide bonds. The molecule has 1 fully saturated rings. The predicted molar refractivity (Wildman–Crippen MR) is 82.3 cm³/mol. The van der Waals surface area contributed by atoms with Gasteiger partial charge in [0, 0.05) is 37.8 Å². The van der Waals surface area contributed by atoms with Crippen LogP contribution in [0.25, 0.3) is 11.3 Å². The van der Waals surface area contributed by atoms with E-state index in [4.69, 9.17) is 5.26 Å². The Kier molecular flexibility index (Phi) is 4.36. The smallest absolute Gasteiger partial charge is 0.354 e. The molecule has 8 heteroatoms. The van der Waals surface area contributed by atoms with Gasteiger partial charge in [0.25, 0.3) is 0 Å². The lowest BCUT2D eigenvalue weighted by Crippen LogP contribution is -2.44. The minimum absolute atomic E-state index is 0.0570. The third kappa shape index (κ3) is 3.46. The van der Waals surface area contributed by atoms with Gasteiger partial charge in [-0.15, -0.1) is 0 Å². The van der Waals surface area contributed by atoms with Gasteiger partial charge in [-0.3, -0.25) is 0 Å². The number of piperazine rings is 1. The topological polar surface area (TPSA) is 64.8 Å². The Hall–Kier alpha value is -2.66. The van der Waals surface area contributed by atoms with Crippen LogP contribution in [0.2, 0.25) is 0 Å². The predicted octanol–water partition coefficient (Wildman–Crippen LogP) is 2.44. The number of aromatic nitrogens is 2. The fourth-order valence-electron chi connectivity index (χ4n) is 2.54. The van der Waals surface area contributed by atoms with Crippen LogP contribution in [0.5, 0.6) is 0 Å². The van der Waals surface area contributed by atoms with E-state index in [2.05, 4.69) is 15.3 Å². The molecule has 0 saturated carbocycles. The van der Waals surface area contributed by atoms with Crippen LogP contribution in [-0.4, -0.2) is 36.1 Å². The van der Waals surface area contributed by atoms with Crippen LogP contribution in [0.3, 0.4) is 0 Å². The van der Waals surface area contributed by atoms with Crippen LogP contribution in [0, 0.1) is 11.3 Å². The summed E-state index contributed by atoms with van der Waals surface area (Å²) in [6.07, 6.45) is -4.43. The van der Waals surface area contributed by atoms with Gasteiger partial charge in [-0.05, 0) is 12.1 Å². The van der Waals surface area contributed by atoms with Crippen molar-refractivity contribution in [2.24, 2.45) is 0 Å². The molecule has 0 aliphatic carbocycles. The summed E-state index contributed by atoms with van der Waals surface area (Å²) >= 11 is 0. The molecule has 2 heterocycles. The summed E-state index contributed by atoms with van der Waals surface area (Å²) in [4.78, 5) is 10.2. The second-order valence-corrected chi connectivity index (χ2v) is 5.36. The zero-order chi connectivity index (χ0) is 17.2. The lowest BCUT2D eigenvalue weighted by Gasteiger charge is -2.28. The molecule has 1 aromatic heterocycles. The van der Waals surface area contributed by atoms with Crippen LogP contribution >= 0.6 is 0 Å². The molecule has 24 heavy (non-hydrogen) atoms. The summed E-state index contributed by atoms with van der Waals surface area (Å²) in [5, 5.41) is 12.3. The van der Waals surface area contributed by atoms with Crippen molar-refractivity contribution >= 4 is 5.82 Å². The van der Waals surface area contributed by atoms with Crippen molar-refractivity contribution in [3.05, 3.63) is 41.7 Å². The number of nitrogens with one attached hydrogen (secondary N) is 1. The van der Waals surface area contributed by atoms with E-state index in [-0.39, 0.29) is 5.82 Å². The van der Waals surface area contributed by atoms with Gasteiger partial charge in [-0.1, -0.05) is 12.1 Å². The highest BCUT2D eigenvalue weighted by molar-refractivity contribution is 5.64. The molecule has 5 nitrogen and oxygen atoms in total. The van der Waals surface area contributed by atoms with E-state index in [0.29, 0.717) is 30.2 Å². The largest absolute Gasteiger partial charge is 0.416 e. The zero-order valence-electron chi connectivity index (χ0n) is 12.6.